The van der Waals surface area contributed by atoms with Crippen LogP contribution in [0.3, 0.4) is 0 Å². The molecule has 1 atom stereocenters. The number of benzene rings is 1. The van der Waals surface area contributed by atoms with Gasteiger partial charge in [0.15, 0.2) is 19.7 Å². The fourth-order valence-electron chi connectivity index (χ4n) is 3.22. The van der Waals surface area contributed by atoms with Crippen LogP contribution in [0.25, 0.3) is 0 Å². The van der Waals surface area contributed by atoms with E-state index < -0.39 is 24.9 Å². The van der Waals surface area contributed by atoms with Crippen LogP contribution in [0, 0.1) is 0 Å². The van der Waals surface area contributed by atoms with Crippen LogP contribution in [-0.2, 0) is 24.5 Å². The molecule has 1 aromatic rings. The predicted molar refractivity (Wildman–Crippen MR) is 94.2 cm³/mol. The molecule has 0 spiro atoms. The van der Waals surface area contributed by atoms with Crippen molar-refractivity contribution in [2.24, 2.45) is 0 Å². The molecule has 8 nitrogen and oxygen atoms in total. The maximum atomic E-state index is 12.7. The first-order valence-corrected chi connectivity index (χ1v) is 11.6. The number of nitrogens with zero attached hydrogens (tertiary/aromatic N) is 2. The Morgan fingerprint density at radius 1 is 1.15 bits per heavy atom. The molecule has 142 valence electrons. The van der Waals surface area contributed by atoms with Gasteiger partial charge in [-0.3, -0.25) is 9.59 Å². The van der Waals surface area contributed by atoms with Crippen LogP contribution < -0.4 is 0 Å². The molecule has 0 unspecified atom stereocenters. The third-order valence-electron chi connectivity index (χ3n) is 4.79. The number of amides is 2. The van der Waals surface area contributed by atoms with Crippen molar-refractivity contribution in [2.75, 3.05) is 37.7 Å². The van der Waals surface area contributed by atoms with Crippen LogP contribution in [0.1, 0.15) is 16.8 Å². The summed E-state index contributed by atoms with van der Waals surface area (Å²) in [4.78, 5) is 26.5. The van der Waals surface area contributed by atoms with Gasteiger partial charge in [0.25, 0.3) is 5.91 Å². The van der Waals surface area contributed by atoms with E-state index in [4.69, 9.17) is 0 Å². The van der Waals surface area contributed by atoms with E-state index in [-0.39, 0.29) is 34.3 Å². The zero-order chi connectivity index (χ0) is 18.9. The molecule has 0 radical (unpaired) electrons. The molecule has 10 heteroatoms. The summed E-state index contributed by atoms with van der Waals surface area (Å²) in [5, 5.41) is -0.964. The van der Waals surface area contributed by atoms with E-state index in [2.05, 4.69) is 0 Å². The van der Waals surface area contributed by atoms with Gasteiger partial charge in [-0.2, -0.15) is 0 Å². The number of carbonyl (C=O) groups is 2. The van der Waals surface area contributed by atoms with Crippen LogP contribution in [-0.4, -0.2) is 81.9 Å². The number of rotatable bonds is 4. The van der Waals surface area contributed by atoms with Crippen molar-refractivity contribution in [1.82, 2.24) is 9.80 Å². The second-order valence-electron chi connectivity index (χ2n) is 6.53. The minimum Gasteiger partial charge on any atom is -0.342 e. The summed E-state index contributed by atoms with van der Waals surface area (Å²) in [7, 11) is -7.14. The highest BCUT2D eigenvalue weighted by Gasteiger charge is 2.38. The van der Waals surface area contributed by atoms with Gasteiger partial charge in [-0.25, -0.2) is 16.8 Å². The molecule has 2 amide bonds. The first-order chi connectivity index (χ1) is 12.2. The van der Waals surface area contributed by atoms with Crippen molar-refractivity contribution in [3.8, 4) is 0 Å². The van der Waals surface area contributed by atoms with Crippen molar-refractivity contribution in [2.45, 2.75) is 16.6 Å². The third-order valence-corrected chi connectivity index (χ3v) is 8.96. The Hall–Kier alpha value is -1.94. The Morgan fingerprint density at radius 2 is 1.85 bits per heavy atom. The van der Waals surface area contributed by atoms with Crippen molar-refractivity contribution < 1.29 is 26.4 Å². The van der Waals surface area contributed by atoms with E-state index in [9.17, 15) is 26.4 Å². The average Bonchev–Trinajstić information content (AvgIpc) is 3.02. The van der Waals surface area contributed by atoms with E-state index >= 15 is 0 Å². The normalized spacial score (nSPS) is 23.0. The zero-order valence-electron chi connectivity index (χ0n) is 14.1. The molecule has 3 rings (SSSR count). The molecule has 0 bridgehead atoms. The Kier molecular flexibility index (Phi) is 5.07. The van der Waals surface area contributed by atoms with Crippen molar-refractivity contribution in [1.29, 1.82) is 0 Å². The zero-order valence-corrected chi connectivity index (χ0v) is 15.7. The molecule has 2 aliphatic heterocycles. The molecule has 0 N–H and O–H groups in total. The van der Waals surface area contributed by atoms with Crippen LogP contribution in [0.2, 0.25) is 0 Å². The largest absolute Gasteiger partial charge is 0.342 e. The number of sulfone groups is 2. The number of hydrogen-bond donors (Lipinski definition) is 0. The third kappa shape index (κ3) is 3.75. The second-order valence-corrected chi connectivity index (χ2v) is 11.0. The Balaban J connectivity index is 1.80. The minimum atomic E-state index is -3.81. The lowest BCUT2D eigenvalue weighted by atomic mass is 10.2. The van der Waals surface area contributed by atoms with Gasteiger partial charge in [-0.15, -0.1) is 0 Å². The lowest BCUT2D eigenvalue weighted by Gasteiger charge is -2.32. The molecule has 0 saturated carbocycles. The minimum absolute atomic E-state index is 0.0306. The fraction of sp³-hybridized carbons (Fsp3) is 0.500. The van der Waals surface area contributed by atoms with Gasteiger partial charge in [0.05, 0.1) is 21.7 Å². The van der Waals surface area contributed by atoms with Gasteiger partial charge in [-0.1, -0.05) is 6.07 Å². The molecule has 2 heterocycles. The van der Waals surface area contributed by atoms with Gasteiger partial charge < -0.3 is 9.80 Å². The molecule has 26 heavy (non-hydrogen) atoms. The monoisotopic (exact) mass is 400 g/mol. The van der Waals surface area contributed by atoms with Gasteiger partial charge in [0, 0.05) is 31.7 Å². The van der Waals surface area contributed by atoms with Crippen LogP contribution in [0.15, 0.2) is 29.2 Å². The molecule has 0 aliphatic carbocycles. The molecule has 1 aromatic carbocycles. The van der Waals surface area contributed by atoms with Gasteiger partial charge >= 0.3 is 0 Å². The maximum absolute atomic E-state index is 12.7. The fourth-order valence-corrected chi connectivity index (χ4v) is 7.62. The van der Waals surface area contributed by atoms with E-state index in [1.807, 2.05) is 0 Å². The smallest absolute Gasteiger partial charge is 0.254 e. The molecule has 2 saturated heterocycles. The summed E-state index contributed by atoms with van der Waals surface area (Å²) < 4.78 is 48.6. The van der Waals surface area contributed by atoms with E-state index in [1.54, 1.807) is 15.9 Å². The molecular weight excluding hydrogens is 380 g/mol. The van der Waals surface area contributed by atoms with Crippen LogP contribution in [0.4, 0.5) is 0 Å². The van der Waals surface area contributed by atoms with E-state index in [0.717, 1.165) is 6.41 Å². The summed E-state index contributed by atoms with van der Waals surface area (Å²) in [6, 6.07) is 5.74. The van der Waals surface area contributed by atoms with Gasteiger partial charge in [0.1, 0.15) is 0 Å². The first kappa shape index (κ1) is 18.8. The quantitative estimate of drug-likeness (QED) is 0.634. The second kappa shape index (κ2) is 6.99. The Morgan fingerprint density at radius 3 is 2.42 bits per heavy atom. The summed E-state index contributed by atoms with van der Waals surface area (Å²) >= 11 is 0. The molecule has 0 aromatic heterocycles. The number of piperazine rings is 1. The Labute approximate surface area is 152 Å². The standard InChI is InChI=1S/C16H20N2O6S2/c19-12-17-5-7-18(8-6-17)16(20)13-2-1-3-14(10-13)26(23,24)15-4-9-25(21,22)11-15/h1-3,10,12,15H,4-9,11H2/t15-/m1/s1. The van der Waals surface area contributed by atoms with E-state index in [1.165, 1.54) is 18.2 Å². The molecule has 2 aliphatic rings. The van der Waals surface area contributed by atoms with Gasteiger partial charge in [0.2, 0.25) is 6.41 Å². The first-order valence-electron chi connectivity index (χ1n) is 8.26. The average molecular weight is 400 g/mol. The summed E-state index contributed by atoms with van der Waals surface area (Å²) in [5.74, 6) is -0.802. The number of carbonyl (C=O) groups excluding carboxylic acids is 2. The summed E-state index contributed by atoms with van der Waals surface area (Å²) in [5.41, 5.74) is 0.242. The topological polar surface area (TPSA) is 109 Å². The SMILES string of the molecule is O=CN1CCN(C(=O)c2cccc(S(=O)(=O)[C@@H]3CCS(=O)(=O)C3)c2)CC1. The highest BCUT2D eigenvalue weighted by Crippen LogP contribution is 2.26. The maximum Gasteiger partial charge on any atom is 0.254 e. The summed E-state index contributed by atoms with van der Waals surface area (Å²) in [6.07, 6.45) is 0.821. The van der Waals surface area contributed by atoms with Crippen LogP contribution >= 0.6 is 0 Å². The van der Waals surface area contributed by atoms with E-state index in [0.29, 0.717) is 26.2 Å². The highest BCUT2D eigenvalue weighted by molar-refractivity contribution is 7.96. The van der Waals surface area contributed by atoms with Crippen LogP contribution in [0.5, 0.6) is 0 Å². The lowest BCUT2D eigenvalue weighted by Crippen LogP contribution is -2.48. The summed E-state index contributed by atoms with van der Waals surface area (Å²) in [6.45, 7) is 1.64. The molecular formula is C16H20N2O6S2. The highest BCUT2D eigenvalue weighted by atomic mass is 32.2. The van der Waals surface area contributed by atoms with Crippen molar-refractivity contribution >= 4 is 32.0 Å². The van der Waals surface area contributed by atoms with Crippen molar-refractivity contribution in [3.63, 3.8) is 0 Å². The van der Waals surface area contributed by atoms with Gasteiger partial charge in [-0.05, 0) is 24.6 Å². The number of hydrogen-bond acceptors (Lipinski definition) is 6. The Bertz CT molecular complexity index is 918. The predicted octanol–water partition coefficient (Wildman–Crippen LogP) is -0.438. The molecule has 2 fully saturated rings. The lowest BCUT2D eigenvalue weighted by molar-refractivity contribution is -0.119. The van der Waals surface area contributed by atoms with Crippen molar-refractivity contribution in [3.05, 3.63) is 29.8 Å².